The first-order valence-electron chi connectivity index (χ1n) is 21.9. The molecule has 4 rings (SSSR count). The monoisotopic (exact) mass is 956 g/mol. The maximum absolute atomic E-state index is 13.6. The summed E-state index contributed by atoms with van der Waals surface area (Å²) in [5, 5.41) is 52.0. The summed E-state index contributed by atoms with van der Waals surface area (Å²) in [5.41, 5.74) is 2.45. The molecule has 2 amide bonds. The van der Waals surface area contributed by atoms with Gasteiger partial charge in [0.25, 0.3) is 5.91 Å². The number of anilines is 2. The second-order valence-corrected chi connectivity index (χ2v) is 17.7. The van der Waals surface area contributed by atoms with E-state index in [0.29, 0.717) is 101 Å². The van der Waals surface area contributed by atoms with Crippen LogP contribution in [0.25, 0.3) is 0 Å². The van der Waals surface area contributed by atoms with Gasteiger partial charge in [0.15, 0.2) is 5.95 Å². The highest BCUT2D eigenvalue weighted by molar-refractivity contribution is 7.89. The van der Waals surface area contributed by atoms with E-state index in [0.717, 1.165) is 11.8 Å². The van der Waals surface area contributed by atoms with E-state index in [2.05, 4.69) is 41.3 Å². The second-order valence-electron chi connectivity index (χ2n) is 16.1. The summed E-state index contributed by atoms with van der Waals surface area (Å²) in [4.78, 5) is 74.3. The lowest BCUT2D eigenvalue weighted by Crippen LogP contribution is -2.48. The second kappa shape index (κ2) is 26.8. The third kappa shape index (κ3) is 18.2. The molecule has 3 aromatic rings. The number of hydrogen-bond acceptors (Lipinski definition) is 16. The number of rotatable bonds is 25. The largest absolute Gasteiger partial charge is 0.491 e. The van der Waals surface area contributed by atoms with Gasteiger partial charge in [-0.3, -0.25) is 38.7 Å². The number of carboxylic acids is 3. The Hall–Kier alpha value is -6.18. The average Bonchev–Trinajstić information content (AvgIpc) is 3.77. The number of aryl methyl sites for hydroxylation is 3. The molecule has 67 heavy (non-hydrogen) atoms. The minimum Gasteiger partial charge on any atom is -0.491 e. The Bertz CT molecular complexity index is 2240. The fourth-order valence-corrected chi connectivity index (χ4v) is 9.11. The molecule has 1 unspecified atom stereocenters. The number of benzene rings is 2. The number of aromatic nitrogens is 2. The molecule has 11 N–H and O–H groups in total. The fourth-order valence-electron chi connectivity index (χ4n) is 7.47. The SMILES string of the molecule is Cc1cc(C)c(S(=O)(=O)NC(CNC(=O)c2cc(C=N)c(NCCCNc3ncc[nH]3)c(OCCCNC(=O)CN3CCNCCN(CC(=O)O)CCN(CC(=O)O)CC3)c2)C(=O)O)c(C)c1. The van der Waals surface area contributed by atoms with E-state index >= 15 is 0 Å². The number of sulfonamides is 1. The minimum atomic E-state index is -4.31. The van der Waals surface area contributed by atoms with E-state index in [-0.39, 0.29) is 60.5 Å². The molecular formula is C43H64N12O11S. The van der Waals surface area contributed by atoms with Crippen molar-refractivity contribution in [2.24, 2.45) is 0 Å². The predicted molar refractivity (Wildman–Crippen MR) is 250 cm³/mol. The summed E-state index contributed by atoms with van der Waals surface area (Å²) in [6.07, 6.45) is 5.31. The van der Waals surface area contributed by atoms with Gasteiger partial charge in [-0.15, -0.1) is 0 Å². The average molecular weight is 957 g/mol. The molecule has 24 heteroatoms. The van der Waals surface area contributed by atoms with Gasteiger partial charge in [0, 0.05) is 108 Å². The lowest BCUT2D eigenvalue weighted by Gasteiger charge is -2.30. The molecule has 1 atom stereocenters. The Balaban J connectivity index is 1.39. The number of carbonyl (C=O) groups excluding carboxylic acids is 2. The van der Waals surface area contributed by atoms with Crippen LogP contribution in [-0.2, 0) is 29.2 Å². The van der Waals surface area contributed by atoms with E-state index < -0.39 is 46.4 Å². The van der Waals surface area contributed by atoms with Crippen molar-refractivity contribution in [1.82, 2.24) is 45.3 Å². The van der Waals surface area contributed by atoms with Gasteiger partial charge in [-0.25, -0.2) is 13.4 Å². The topological polar surface area (TPSA) is 324 Å². The van der Waals surface area contributed by atoms with E-state index in [1.165, 1.54) is 12.1 Å². The van der Waals surface area contributed by atoms with Crippen molar-refractivity contribution in [3.63, 3.8) is 0 Å². The molecule has 0 radical (unpaired) electrons. The Morgan fingerprint density at radius 3 is 2.01 bits per heavy atom. The van der Waals surface area contributed by atoms with Crippen LogP contribution in [0.2, 0.25) is 0 Å². The molecule has 1 aromatic heterocycles. The van der Waals surface area contributed by atoms with Gasteiger partial charge in [0.05, 0.1) is 36.8 Å². The van der Waals surface area contributed by atoms with Crippen LogP contribution in [0.3, 0.4) is 0 Å². The van der Waals surface area contributed by atoms with E-state index in [1.54, 1.807) is 48.2 Å². The van der Waals surface area contributed by atoms with Gasteiger partial charge < -0.3 is 57.0 Å². The molecular weight excluding hydrogens is 893 g/mol. The molecule has 0 saturated carbocycles. The fraction of sp³-hybridized carbons (Fsp3) is 0.512. The van der Waals surface area contributed by atoms with Crippen molar-refractivity contribution in [1.29, 1.82) is 5.41 Å². The molecule has 368 valence electrons. The molecule has 1 aliphatic rings. The van der Waals surface area contributed by atoms with Crippen molar-refractivity contribution >= 4 is 57.6 Å². The third-order valence-electron chi connectivity index (χ3n) is 10.6. The quantitative estimate of drug-likeness (QED) is 0.0392. The zero-order valence-electron chi connectivity index (χ0n) is 38.2. The summed E-state index contributed by atoms with van der Waals surface area (Å²) < 4.78 is 35.1. The number of aliphatic carboxylic acids is 3. The van der Waals surface area contributed by atoms with Crippen LogP contribution < -0.4 is 36.0 Å². The lowest BCUT2D eigenvalue weighted by molar-refractivity contribution is -0.140. The summed E-state index contributed by atoms with van der Waals surface area (Å²) in [6, 6.07) is 4.50. The van der Waals surface area contributed by atoms with Crippen LogP contribution in [-0.4, -0.2) is 195 Å². The first kappa shape index (κ1) is 53.4. The van der Waals surface area contributed by atoms with Gasteiger partial charge in [0.2, 0.25) is 15.9 Å². The van der Waals surface area contributed by atoms with Crippen molar-refractivity contribution < 1.29 is 52.4 Å². The maximum atomic E-state index is 13.6. The number of carbonyl (C=O) groups is 5. The zero-order valence-corrected chi connectivity index (χ0v) is 39.0. The molecule has 0 bridgehead atoms. The third-order valence-corrected chi connectivity index (χ3v) is 12.4. The number of H-pyrrole nitrogens is 1. The van der Waals surface area contributed by atoms with Crippen molar-refractivity contribution in [2.45, 2.75) is 44.6 Å². The molecule has 0 aliphatic carbocycles. The molecule has 23 nitrogen and oxygen atoms in total. The van der Waals surface area contributed by atoms with Crippen molar-refractivity contribution in [3.05, 3.63) is 64.5 Å². The van der Waals surface area contributed by atoms with Gasteiger partial charge in [-0.2, -0.15) is 4.72 Å². The summed E-state index contributed by atoms with van der Waals surface area (Å²) >= 11 is 0. The van der Waals surface area contributed by atoms with E-state index in [4.69, 9.17) is 10.1 Å². The van der Waals surface area contributed by atoms with Crippen LogP contribution in [0.1, 0.15) is 45.5 Å². The first-order valence-corrected chi connectivity index (χ1v) is 23.4. The Morgan fingerprint density at radius 1 is 0.821 bits per heavy atom. The highest BCUT2D eigenvalue weighted by Gasteiger charge is 2.29. The van der Waals surface area contributed by atoms with Gasteiger partial charge >= 0.3 is 17.9 Å². The highest BCUT2D eigenvalue weighted by atomic mass is 32.2. The van der Waals surface area contributed by atoms with E-state index in [1.807, 2.05) is 11.8 Å². The smallest absolute Gasteiger partial charge is 0.323 e. The van der Waals surface area contributed by atoms with Gasteiger partial charge in [-0.1, -0.05) is 17.7 Å². The number of amides is 2. The molecule has 0 spiro atoms. The predicted octanol–water partition coefficient (Wildman–Crippen LogP) is -0.0283. The highest BCUT2D eigenvalue weighted by Crippen LogP contribution is 2.30. The number of nitrogens with zero attached hydrogens (tertiary/aromatic N) is 4. The summed E-state index contributed by atoms with van der Waals surface area (Å²) in [5.74, 6) is -3.66. The molecule has 1 saturated heterocycles. The Kier molecular flexibility index (Phi) is 21.4. The maximum Gasteiger partial charge on any atom is 0.323 e. The number of nitrogens with one attached hydrogen (secondary N) is 8. The van der Waals surface area contributed by atoms with Crippen LogP contribution in [0.15, 0.2) is 41.6 Å². The molecule has 1 fully saturated rings. The van der Waals surface area contributed by atoms with Gasteiger partial charge in [0.1, 0.15) is 11.8 Å². The lowest BCUT2D eigenvalue weighted by atomic mass is 10.1. The number of aromatic amines is 1. The standard InChI is InChI=1S/C43H64N12O11S/c1-29-20-30(2)40(31(3)21-29)67(64,65)52-34(42(62)63)25-51-41(61)32-22-33(24-44)39(47-6-4-7-48-43-49-9-10-50-43)35(23-32)66-19-5-8-46-36(56)26-53-13-11-45-12-14-54(27-37(57)58)16-18-55(17-15-53)28-38(59)60/h9-10,20-24,34,44-45,47,52H,4-8,11-19,25-28H2,1-3H3,(H,46,56)(H,51,61)(H,57,58)(H,59,60)(H,62,63)(H2,48,49,50). The number of ether oxygens (including phenoxy) is 1. The van der Waals surface area contributed by atoms with Crippen molar-refractivity contribution in [2.75, 3.05) is 115 Å². The Morgan fingerprint density at radius 2 is 1.43 bits per heavy atom. The van der Waals surface area contributed by atoms with Gasteiger partial charge in [-0.05, 0) is 56.9 Å². The number of carboxylic acid groups (broad SMARTS) is 3. The summed E-state index contributed by atoms with van der Waals surface area (Å²) in [7, 11) is -4.31. The normalized spacial score (nSPS) is 15.0. The number of imidazole rings is 1. The number of hydrogen-bond donors (Lipinski definition) is 11. The van der Waals surface area contributed by atoms with Crippen LogP contribution in [0.4, 0.5) is 11.6 Å². The molecule has 2 aromatic carbocycles. The van der Waals surface area contributed by atoms with Crippen LogP contribution in [0, 0.1) is 26.2 Å². The zero-order chi connectivity index (χ0) is 48.9. The van der Waals surface area contributed by atoms with Crippen LogP contribution >= 0.6 is 0 Å². The molecule has 1 aliphatic heterocycles. The first-order chi connectivity index (χ1) is 31.9. The van der Waals surface area contributed by atoms with E-state index in [9.17, 15) is 47.7 Å². The Labute approximate surface area is 390 Å². The molecule has 2 heterocycles. The minimum absolute atomic E-state index is 0.0177. The van der Waals surface area contributed by atoms with Crippen LogP contribution in [0.5, 0.6) is 5.75 Å². The summed E-state index contributed by atoms with van der Waals surface area (Å²) in [6.45, 7) is 8.87. The van der Waals surface area contributed by atoms with Crippen molar-refractivity contribution in [3.8, 4) is 5.75 Å².